The molecule has 2 fully saturated rings. The zero-order chi connectivity index (χ0) is 57.0. The second-order valence-electron chi connectivity index (χ2n) is 21.1. The number of rotatable bonds is 9. The summed E-state index contributed by atoms with van der Waals surface area (Å²) in [4.78, 5) is 68.1. The van der Waals surface area contributed by atoms with Gasteiger partial charge in [-0.1, -0.05) is 39.0 Å². The molecule has 1 amide bonds. The van der Waals surface area contributed by atoms with Crippen molar-refractivity contribution in [1.82, 2.24) is 9.83 Å². The van der Waals surface area contributed by atoms with Crippen LogP contribution in [-0.2, 0) is 23.8 Å². The number of aliphatic hydroxyl groups is 2. The number of carbonyl (C=O) groups excluding carboxylic acids is 3. The van der Waals surface area contributed by atoms with Crippen LogP contribution in [0, 0.1) is 43.3 Å². The third-order valence-corrected chi connectivity index (χ3v) is 15.7. The highest BCUT2D eigenvalue weighted by Gasteiger charge is 2.50. The van der Waals surface area contributed by atoms with Gasteiger partial charge in [0, 0.05) is 74.9 Å². The van der Waals surface area contributed by atoms with E-state index >= 15 is 4.39 Å². The number of hydrazone groups is 1. The first-order chi connectivity index (χ1) is 36.8. The van der Waals surface area contributed by atoms with E-state index in [4.69, 9.17) is 24.7 Å². The highest BCUT2D eigenvalue weighted by atomic mass is 19.1. The molecule has 9 rings (SSSR count). The van der Waals surface area contributed by atoms with Crippen molar-refractivity contribution in [2.75, 3.05) is 37.0 Å². The molecule has 418 valence electrons. The van der Waals surface area contributed by atoms with Crippen molar-refractivity contribution in [2.45, 2.75) is 117 Å². The molecule has 78 heavy (non-hydrogen) atoms. The van der Waals surface area contributed by atoms with Gasteiger partial charge in [0.25, 0.3) is 17.2 Å². The van der Waals surface area contributed by atoms with Crippen LogP contribution in [0.2, 0.25) is 0 Å². The number of Topliss-reactive ketones (excluding diaryl/α,β-unsaturated/α-hetero) is 1. The van der Waals surface area contributed by atoms with Gasteiger partial charge in [-0.2, -0.15) is 5.10 Å². The molecule has 1 unspecified atom stereocenters. The van der Waals surface area contributed by atoms with E-state index in [1.54, 1.807) is 33.8 Å². The summed E-state index contributed by atoms with van der Waals surface area (Å²) in [5.41, 5.74) is 9.18. The molecule has 2 aromatic carbocycles. The number of pyridine rings is 2. The number of benzene rings is 2. The lowest BCUT2D eigenvalue weighted by Crippen LogP contribution is -2.53. The maximum Gasteiger partial charge on any atom is 0.341 e. The lowest BCUT2D eigenvalue weighted by molar-refractivity contribution is -0.159. The number of amides is 1. The van der Waals surface area contributed by atoms with Crippen LogP contribution < -0.4 is 31.7 Å². The van der Waals surface area contributed by atoms with Gasteiger partial charge in [0.05, 0.1) is 76.4 Å². The highest BCUT2D eigenvalue weighted by Crippen LogP contribution is 2.55. The Kier molecular flexibility index (Phi) is 16.0. The number of aryl methyl sites for hydroxylation is 1. The van der Waals surface area contributed by atoms with Gasteiger partial charge in [-0.3, -0.25) is 23.6 Å². The Bertz CT molecular complexity index is 3290. The molecule has 1 saturated heterocycles. The Morgan fingerprint density at radius 2 is 1.71 bits per heavy atom. The first kappa shape index (κ1) is 56.7. The molecular weight excluding hydrogens is 1020 g/mol. The molecular formula is C56H67FN6O15. The molecule has 4 aliphatic heterocycles. The quantitative estimate of drug-likeness (QED) is 0.0327. The third-order valence-electron chi connectivity index (χ3n) is 15.7. The lowest BCUT2D eigenvalue weighted by atomic mass is 9.81. The van der Waals surface area contributed by atoms with Gasteiger partial charge in [-0.25, -0.2) is 9.18 Å². The molecule has 4 aromatic rings. The van der Waals surface area contributed by atoms with Gasteiger partial charge < -0.3 is 71.0 Å². The number of methoxy groups -OCH3 is 1. The van der Waals surface area contributed by atoms with Crippen molar-refractivity contribution in [1.29, 1.82) is 0 Å². The van der Waals surface area contributed by atoms with E-state index < -0.39 is 123 Å². The second kappa shape index (κ2) is 22.1. The summed E-state index contributed by atoms with van der Waals surface area (Å²) in [6.07, 6.45) is 6.73. The number of allylic oxidation sites excluding steroid dienone is 2. The molecule has 10 N–H and O–H groups in total. The minimum absolute atomic E-state index is 0.0208. The molecule has 2 aromatic heterocycles. The third kappa shape index (κ3) is 10.4. The van der Waals surface area contributed by atoms with Gasteiger partial charge in [-0.05, 0) is 75.1 Å². The molecule has 0 radical (unpaired) electrons. The molecule has 5 bridgehead atoms. The number of aromatic nitrogens is 1. The van der Waals surface area contributed by atoms with E-state index in [0.717, 1.165) is 35.9 Å². The van der Waals surface area contributed by atoms with Crippen LogP contribution in [0.15, 0.2) is 58.3 Å². The van der Waals surface area contributed by atoms with Crippen LogP contribution in [0.3, 0.4) is 0 Å². The number of ketones is 1. The maximum absolute atomic E-state index is 16.1. The summed E-state index contributed by atoms with van der Waals surface area (Å²) >= 11 is 0. The number of halogens is 1. The van der Waals surface area contributed by atoms with Gasteiger partial charge in [0.1, 0.15) is 28.9 Å². The van der Waals surface area contributed by atoms with Crippen molar-refractivity contribution in [3.8, 4) is 23.0 Å². The summed E-state index contributed by atoms with van der Waals surface area (Å²) < 4.78 is 40.8. The molecule has 10 atom stereocenters. The number of aliphatic hydroxyl groups excluding tert-OH is 2. The first-order valence-electron chi connectivity index (χ1n) is 25.8. The van der Waals surface area contributed by atoms with E-state index in [1.807, 2.05) is 4.90 Å². The summed E-state index contributed by atoms with van der Waals surface area (Å²) in [6.45, 7) is 13.0. The lowest BCUT2D eigenvalue weighted by Gasteiger charge is -2.37. The van der Waals surface area contributed by atoms with Gasteiger partial charge in [-0.15, -0.1) is 0 Å². The highest BCUT2D eigenvalue weighted by molar-refractivity contribution is 6.24. The fourth-order valence-electron chi connectivity index (χ4n) is 11.0. The summed E-state index contributed by atoms with van der Waals surface area (Å²) in [5.74, 6) is -11.1. The first-order valence-corrected chi connectivity index (χ1v) is 25.8. The van der Waals surface area contributed by atoms with Crippen molar-refractivity contribution < 1.29 is 73.2 Å². The average Bonchev–Trinajstić information content (AvgIpc) is 4.24. The zero-order valence-corrected chi connectivity index (χ0v) is 44.8. The number of carbonyl (C=O) groups is 4. The smallest absolute Gasteiger partial charge is 0.341 e. The number of hydrogen-bond donors (Lipinski definition) is 9. The predicted molar refractivity (Wildman–Crippen MR) is 286 cm³/mol. The summed E-state index contributed by atoms with van der Waals surface area (Å²) in [5, 5.41) is 75.0. The Labute approximate surface area is 448 Å². The van der Waals surface area contributed by atoms with Gasteiger partial charge in [0.2, 0.25) is 0 Å². The Morgan fingerprint density at radius 1 is 1.00 bits per heavy atom. The fourth-order valence-corrected chi connectivity index (χ4v) is 11.0. The largest absolute Gasteiger partial charge is 0.507 e. The number of carboxylic acids is 1. The Hall–Kier alpha value is -7.53. The van der Waals surface area contributed by atoms with E-state index in [0.29, 0.717) is 41.8 Å². The molecule has 21 nitrogen and oxygen atoms in total. The SMILES string of the molecule is CO[C@H]1/C=C/O[C@@]2(C)Oc3c(C)c(O)c4c(O)c(c(/C=N/NCC5CCN(c6c(F)cn7c(=O)c(C(=O)O)cc(C8CC8)c7c6C)C5)c(O)c4c3C2=O)NC(=O)/C(C)=C\C=C\[C@H](C)[C@H](O)[C@@H](N)[C@@H](O)[C@@H](C)[C@H](OC(C)=O)[C@@H]1C. The molecule has 5 aliphatic rings. The van der Waals surface area contributed by atoms with E-state index in [2.05, 4.69) is 15.8 Å². The number of ether oxygens (including phenoxy) is 4. The molecule has 1 aliphatic carbocycles. The number of phenols is 3. The number of fused-ring (bicyclic) bond motifs is 15. The van der Waals surface area contributed by atoms with Gasteiger partial charge in [0.15, 0.2) is 11.6 Å². The number of aromatic carboxylic acids is 1. The number of nitrogens with one attached hydrogen (secondary N) is 2. The van der Waals surface area contributed by atoms with Crippen LogP contribution in [0.1, 0.15) is 110 Å². The summed E-state index contributed by atoms with van der Waals surface area (Å²) in [6, 6.07) is 0.154. The van der Waals surface area contributed by atoms with Crippen LogP contribution >= 0.6 is 0 Å². The van der Waals surface area contributed by atoms with Crippen molar-refractivity contribution in [3.63, 3.8) is 0 Å². The molecule has 0 spiro atoms. The van der Waals surface area contributed by atoms with E-state index in [9.17, 15) is 54.6 Å². The minimum Gasteiger partial charge on any atom is -0.507 e. The van der Waals surface area contributed by atoms with E-state index in [1.165, 1.54) is 59.1 Å². The normalized spacial score (nSPS) is 28.6. The Morgan fingerprint density at radius 3 is 2.36 bits per heavy atom. The standard InChI is InChI=1S/C56H67FN6O15/c1-24-11-10-12-25(2)53(71)61-42-35(21-60-59-20-31-15-17-62(22-31)44-27(4)43-33(32-13-14-32)19-34(55(73)74)54(72)63(43)23-36(44)57)48(68)38-39(49(42)69)46(66)28(5)51-40(38)52(70)56(8,78-51)76-18-16-37(75-9)26(3)50(77-30(7)64)29(6)47(67)41(58)45(24)65/h10-12,16,18-19,21,23-24,26,29,31-32,37,41,45,47,50,59,65-69H,13-15,17,20,22,58H2,1-9H3,(H,61,71)(H,73,74)/b11-10+,18-16+,25-12-,60-21+/t24-,26+,29+,31?,37-,41+,45-,47-,50+,56-/m0/s1. The van der Waals surface area contributed by atoms with Crippen LogP contribution in [0.4, 0.5) is 15.8 Å². The number of hydrogen-bond acceptors (Lipinski definition) is 18. The van der Waals surface area contributed by atoms with Crippen molar-refractivity contribution in [3.05, 3.63) is 98.0 Å². The predicted octanol–water partition coefficient (Wildman–Crippen LogP) is 5.53. The number of aromatic hydroxyl groups is 3. The van der Waals surface area contributed by atoms with Crippen LogP contribution in [-0.4, -0.2) is 128 Å². The molecule has 1 saturated carbocycles. The monoisotopic (exact) mass is 1080 g/mol. The number of esters is 1. The van der Waals surface area contributed by atoms with Crippen molar-refractivity contribution >= 4 is 57.5 Å². The topological polar surface area (TPSA) is 314 Å². The number of nitrogens with two attached hydrogens (primary N) is 1. The molecule has 22 heteroatoms. The summed E-state index contributed by atoms with van der Waals surface area (Å²) in [7, 11) is 1.39. The average molecular weight is 1080 g/mol. The Balaban J connectivity index is 1.15. The number of nitrogens with zero attached hydrogens (tertiary/aromatic N) is 3. The van der Waals surface area contributed by atoms with Crippen LogP contribution in [0.25, 0.3) is 16.3 Å². The zero-order valence-electron chi connectivity index (χ0n) is 44.8. The second-order valence-corrected chi connectivity index (χ2v) is 21.1. The number of anilines is 2. The maximum atomic E-state index is 16.1. The number of phenolic OH excluding ortho intramolecular Hbond substituents is 3. The van der Waals surface area contributed by atoms with Gasteiger partial charge >= 0.3 is 17.7 Å². The minimum atomic E-state index is -2.15. The van der Waals surface area contributed by atoms with Crippen molar-refractivity contribution in [2.24, 2.45) is 34.5 Å². The molecule has 6 heterocycles. The fraction of sp³-hybridized carbons (Fsp3) is 0.464. The number of carboxylic acid groups (broad SMARTS) is 1. The van der Waals surface area contributed by atoms with E-state index in [-0.39, 0.29) is 51.8 Å². The van der Waals surface area contributed by atoms with Crippen LogP contribution in [0.5, 0.6) is 23.0 Å².